The molecule has 0 heterocycles. The molecular weight excluding hydrogens is 155 g/mol. The van der Waals surface area contributed by atoms with E-state index >= 15 is 0 Å². The second-order valence-electron chi connectivity index (χ2n) is 3.39. The molecule has 0 radical (unpaired) electrons. The van der Waals surface area contributed by atoms with Crippen molar-refractivity contribution >= 4 is 5.69 Å². The molecule has 0 unspecified atom stereocenters. The molecule has 1 aliphatic carbocycles. The number of hydrogen-bond donors (Lipinski definition) is 2. The third-order valence-electron chi connectivity index (χ3n) is 2.36. The number of anilines is 1. The minimum Gasteiger partial charge on any atom is -0.396 e. The fraction of sp³-hybridized carbons (Fsp3) is 0.333. The molecule has 0 saturated heterocycles. The smallest absolute Gasteiger partial charge is 0.146 e. The predicted molar refractivity (Wildman–Crippen MR) is 45.9 cm³/mol. The van der Waals surface area contributed by atoms with Crippen LogP contribution in [0, 0.1) is 5.82 Å². The van der Waals surface area contributed by atoms with E-state index in [1.165, 1.54) is 6.07 Å². The van der Waals surface area contributed by atoms with E-state index in [1.54, 1.807) is 12.1 Å². The van der Waals surface area contributed by atoms with Crippen molar-refractivity contribution in [2.24, 2.45) is 5.73 Å². The van der Waals surface area contributed by atoms with E-state index in [9.17, 15) is 4.39 Å². The van der Waals surface area contributed by atoms with Crippen LogP contribution in [0.5, 0.6) is 0 Å². The first-order valence-electron chi connectivity index (χ1n) is 3.96. The van der Waals surface area contributed by atoms with E-state index in [4.69, 9.17) is 11.5 Å². The van der Waals surface area contributed by atoms with Gasteiger partial charge in [0.2, 0.25) is 0 Å². The van der Waals surface area contributed by atoms with E-state index in [1.807, 2.05) is 0 Å². The molecule has 12 heavy (non-hydrogen) atoms. The van der Waals surface area contributed by atoms with Crippen LogP contribution in [-0.4, -0.2) is 0 Å². The highest BCUT2D eigenvalue weighted by Crippen LogP contribution is 2.42. The van der Waals surface area contributed by atoms with Crippen molar-refractivity contribution in [1.82, 2.24) is 0 Å². The van der Waals surface area contributed by atoms with Gasteiger partial charge in [0, 0.05) is 5.54 Å². The molecule has 64 valence electrons. The molecule has 1 aliphatic rings. The Balaban J connectivity index is 2.41. The number of nitrogen functional groups attached to an aromatic ring is 1. The molecule has 2 nitrogen and oxygen atoms in total. The third-order valence-corrected chi connectivity index (χ3v) is 2.36. The fourth-order valence-corrected chi connectivity index (χ4v) is 1.26. The number of nitrogens with two attached hydrogens (primary N) is 2. The van der Waals surface area contributed by atoms with Gasteiger partial charge in [-0.15, -0.1) is 0 Å². The van der Waals surface area contributed by atoms with Crippen LogP contribution in [0.1, 0.15) is 18.4 Å². The number of hydrogen-bond acceptors (Lipinski definition) is 2. The van der Waals surface area contributed by atoms with E-state index in [2.05, 4.69) is 0 Å². The van der Waals surface area contributed by atoms with Gasteiger partial charge in [0.1, 0.15) is 5.82 Å². The normalized spacial score (nSPS) is 19.2. The predicted octanol–water partition coefficient (Wildman–Crippen LogP) is 1.36. The third kappa shape index (κ3) is 1.06. The lowest BCUT2D eigenvalue weighted by atomic mass is 10.1. The largest absolute Gasteiger partial charge is 0.396 e. The van der Waals surface area contributed by atoms with Gasteiger partial charge in [-0.25, -0.2) is 4.39 Å². The highest BCUT2D eigenvalue weighted by atomic mass is 19.1. The molecule has 0 aliphatic heterocycles. The standard InChI is InChI=1S/C9H11FN2/c10-7-5-6(1-2-8(7)11)9(12)3-4-9/h1-2,5H,3-4,11-12H2. The van der Waals surface area contributed by atoms with E-state index in [0.29, 0.717) is 0 Å². The molecule has 1 saturated carbocycles. The van der Waals surface area contributed by atoms with Crippen molar-refractivity contribution in [1.29, 1.82) is 0 Å². The van der Waals surface area contributed by atoms with Gasteiger partial charge in [-0.2, -0.15) is 0 Å². The average Bonchev–Trinajstić information content (AvgIpc) is 2.75. The first kappa shape index (κ1) is 7.55. The van der Waals surface area contributed by atoms with Gasteiger partial charge in [-0.1, -0.05) is 6.07 Å². The van der Waals surface area contributed by atoms with Crippen LogP contribution in [0.3, 0.4) is 0 Å². The maximum absolute atomic E-state index is 13.0. The Morgan fingerprint density at radius 1 is 1.33 bits per heavy atom. The van der Waals surface area contributed by atoms with Crippen LogP contribution < -0.4 is 11.5 Å². The minimum atomic E-state index is -0.371. The number of benzene rings is 1. The summed E-state index contributed by atoms with van der Waals surface area (Å²) in [5.41, 5.74) is 12.0. The second kappa shape index (κ2) is 2.20. The summed E-state index contributed by atoms with van der Waals surface area (Å²) in [6.07, 6.45) is 1.88. The lowest BCUT2D eigenvalue weighted by Crippen LogP contribution is -2.18. The van der Waals surface area contributed by atoms with Crippen LogP contribution in [0.25, 0.3) is 0 Å². The second-order valence-corrected chi connectivity index (χ2v) is 3.39. The molecule has 0 aromatic heterocycles. The van der Waals surface area contributed by atoms with Crippen LogP contribution >= 0.6 is 0 Å². The quantitative estimate of drug-likeness (QED) is 0.619. The van der Waals surface area contributed by atoms with Crippen molar-refractivity contribution in [2.75, 3.05) is 5.73 Å². The fourth-order valence-electron chi connectivity index (χ4n) is 1.26. The maximum Gasteiger partial charge on any atom is 0.146 e. The van der Waals surface area contributed by atoms with Crippen molar-refractivity contribution in [3.8, 4) is 0 Å². The summed E-state index contributed by atoms with van der Waals surface area (Å²) in [5.74, 6) is -0.371. The zero-order valence-corrected chi connectivity index (χ0v) is 6.68. The van der Waals surface area contributed by atoms with Gasteiger partial charge in [0.25, 0.3) is 0 Å². The molecule has 0 atom stereocenters. The monoisotopic (exact) mass is 166 g/mol. The molecule has 4 N–H and O–H groups in total. The van der Waals surface area contributed by atoms with Gasteiger partial charge in [-0.05, 0) is 30.5 Å². The Kier molecular flexibility index (Phi) is 1.38. The molecule has 0 spiro atoms. The molecule has 1 aromatic rings. The Labute approximate surface area is 70.4 Å². The Hall–Kier alpha value is -1.09. The zero-order chi connectivity index (χ0) is 8.77. The SMILES string of the molecule is Nc1ccc(C2(N)CC2)cc1F. The van der Waals surface area contributed by atoms with Crippen molar-refractivity contribution in [2.45, 2.75) is 18.4 Å². The Morgan fingerprint density at radius 2 is 2.00 bits per heavy atom. The highest BCUT2D eigenvalue weighted by molar-refractivity contribution is 5.44. The van der Waals surface area contributed by atoms with Crippen molar-refractivity contribution in [3.05, 3.63) is 29.6 Å². The molecule has 2 rings (SSSR count). The van der Waals surface area contributed by atoms with E-state index in [0.717, 1.165) is 18.4 Å². The van der Waals surface area contributed by atoms with Gasteiger partial charge in [0.05, 0.1) is 5.69 Å². The van der Waals surface area contributed by atoms with Crippen LogP contribution in [0.2, 0.25) is 0 Å². The lowest BCUT2D eigenvalue weighted by Gasteiger charge is -2.09. The van der Waals surface area contributed by atoms with Crippen molar-refractivity contribution in [3.63, 3.8) is 0 Å². The lowest BCUT2D eigenvalue weighted by molar-refractivity contribution is 0.623. The summed E-state index contributed by atoms with van der Waals surface area (Å²) < 4.78 is 13.0. The summed E-state index contributed by atoms with van der Waals surface area (Å²) in [7, 11) is 0. The average molecular weight is 166 g/mol. The molecule has 0 bridgehead atoms. The summed E-state index contributed by atoms with van der Waals surface area (Å²) in [6.45, 7) is 0. The molecule has 1 aromatic carbocycles. The number of rotatable bonds is 1. The molecular formula is C9H11FN2. The summed E-state index contributed by atoms with van der Waals surface area (Å²) in [5, 5.41) is 0. The number of halogens is 1. The van der Waals surface area contributed by atoms with Gasteiger partial charge in [0.15, 0.2) is 0 Å². The van der Waals surface area contributed by atoms with E-state index in [-0.39, 0.29) is 17.0 Å². The van der Waals surface area contributed by atoms with Crippen LogP contribution in [0.4, 0.5) is 10.1 Å². The topological polar surface area (TPSA) is 52.0 Å². The van der Waals surface area contributed by atoms with Crippen molar-refractivity contribution < 1.29 is 4.39 Å². The van der Waals surface area contributed by atoms with Gasteiger partial charge in [-0.3, -0.25) is 0 Å². The van der Waals surface area contributed by atoms with Gasteiger partial charge >= 0.3 is 0 Å². The minimum absolute atomic E-state index is 0.183. The van der Waals surface area contributed by atoms with E-state index < -0.39 is 0 Å². The van der Waals surface area contributed by atoms with Gasteiger partial charge < -0.3 is 11.5 Å². The first-order valence-corrected chi connectivity index (χ1v) is 3.96. The maximum atomic E-state index is 13.0. The molecule has 3 heteroatoms. The Bertz CT molecular complexity index is 318. The summed E-state index contributed by atoms with van der Waals surface area (Å²) in [6, 6.07) is 4.80. The highest BCUT2D eigenvalue weighted by Gasteiger charge is 2.40. The Morgan fingerprint density at radius 3 is 2.50 bits per heavy atom. The first-order chi connectivity index (χ1) is 5.62. The summed E-state index contributed by atoms with van der Waals surface area (Å²) >= 11 is 0. The zero-order valence-electron chi connectivity index (χ0n) is 6.68. The van der Waals surface area contributed by atoms with Crippen LogP contribution in [-0.2, 0) is 5.54 Å². The van der Waals surface area contributed by atoms with Crippen LogP contribution in [0.15, 0.2) is 18.2 Å². The molecule has 0 amide bonds. The molecule has 1 fully saturated rings. The summed E-state index contributed by atoms with van der Waals surface area (Å²) in [4.78, 5) is 0.